The second-order valence-electron chi connectivity index (χ2n) is 5.27. The van der Waals surface area contributed by atoms with Crippen molar-refractivity contribution < 1.29 is 14.4 Å². The summed E-state index contributed by atoms with van der Waals surface area (Å²) in [5.41, 5.74) is 0.524. The van der Waals surface area contributed by atoms with Crippen LogP contribution in [0.1, 0.15) is 10.4 Å². The third-order valence-corrected chi connectivity index (χ3v) is 5.86. The highest BCUT2D eigenvalue weighted by molar-refractivity contribution is 9.10. The van der Waals surface area contributed by atoms with Gasteiger partial charge >= 0.3 is 0 Å². The van der Waals surface area contributed by atoms with E-state index in [1.165, 1.54) is 11.8 Å². The van der Waals surface area contributed by atoms with E-state index in [0.29, 0.717) is 5.56 Å². The topological polar surface area (TPSA) is 79.4 Å². The monoisotopic (exact) mass is 451 g/mol. The quantitative estimate of drug-likeness (QED) is 0.724. The highest BCUT2D eigenvalue weighted by Crippen LogP contribution is 2.29. The molecule has 0 spiro atoms. The van der Waals surface area contributed by atoms with Gasteiger partial charge in [-0.1, -0.05) is 35.7 Å². The van der Waals surface area contributed by atoms with Gasteiger partial charge in [0.15, 0.2) is 0 Å². The summed E-state index contributed by atoms with van der Waals surface area (Å²) >= 11 is 5.72. The Labute approximate surface area is 167 Å². The molecule has 1 aromatic heterocycles. The van der Waals surface area contributed by atoms with Crippen LogP contribution in [0.4, 0.5) is 4.79 Å². The maximum atomic E-state index is 12.5. The molecule has 0 atom stereocenters. The van der Waals surface area contributed by atoms with Crippen LogP contribution in [-0.4, -0.2) is 45.8 Å². The lowest BCUT2D eigenvalue weighted by molar-refractivity contribution is -0.124. The molecular weight excluding hydrogens is 438 g/mol. The minimum atomic E-state index is -0.262. The molecule has 1 N–H and O–H groups in total. The lowest BCUT2D eigenvalue weighted by atomic mass is 10.2. The summed E-state index contributed by atoms with van der Waals surface area (Å²) < 4.78 is 0.886. The number of nitrogens with one attached hydrogen (secondary N) is 1. The van der Waals surface area contributed by atoms with Crippen molar-refractivity contribution >= 4 is 56.5 Å². The molecule has 26 heavy (non-hydrogen) atoms. The third-order valence-electron chi connectivity index (χ3n) is 3.51. The van der Waals surface area contributed by atoms with Crippen molar-refractivity contribution in [1.82, 2.24) is 15.2 Å². The Hall–Kier alpha value is -1.84. The first-order chi connectivity index (χ1) is 12.5. The standard InChI is InChI=1S/C17H14BrN3O3S2/c18-11-5-6-14(20-9-11)26-13-4-2-1-3-12(13)16(23)19-7-8-21-15(22)10-25-17(21)24/h1-6,9H,7-8,10H2,(H,19,23). The van der Waals surface area contributed by atoms with Crippen molar-refractivity contribution in [3.63, 3.8) is 0 Å². The zero-order valence-electron chi connectivity index (χ0n) is 13.5. The van der Waals surface area contributed by atoms with Crippen LogP contribution in [0.5, 0.6) is 0 Å². The Kier molecular flexibility index (Phi) is 6.33. The van der Waals surface area contributed by atoms with E-state index in [4.69, 9.17) is 0 Å². The SMILES string of the molecule is O=C(NCCN1C(=O)CSC1=O)c1ccccc1Sc1ccc(Br)cn1. The fourth-order valence-corrected chi connectivity index (χ4v) is 4.12. The Morgan fingerprint density at radius 3 is 2.77 bits per heavy atom. The highest BCUT2D eigenvalue weighted by atomic mass is 79.9. The Morgan fingerprint density at radius 2 is 2.08 bits per heavy atom. The van der Waals surface area contributed by atoms with Gasteiger partial charge in [-0.2, -0.15) is 0 Å². The molecule has 0 bridgehead atoms. The smallest absolute Gasteiger partial charge is 0.288 e. The minimum Gasteiger partial charge on any atom is -0.350 e. The lowest BCUT2D eigenvalue weighted by Gasteiger charge is -2.14. The molecule has 2 heterocycles. The van der Waals surface area contributed by atoms with E-state index in [-0.39, 0.29) is 35.9 Å². The Bertz CT molecular complexity index is 829. The fraction of sp³-hybridized carbons (Fsp3) is 0.176. The number of carbonyl (C=O) groups is 3. The summed E-state index contributed by atoms with van der Waals surface area (Å²) in [5.74, 6) is -0.296. The van der Waals surface area contributed by atoms with Gasteiger partial charge in [-0.3, -0.25) is 19.3 Å². The number of rotatable bonds is 6. The van der Waals surface area contributed by atoms with Crippen molar-refractivity contribution in [2.24, 2.45) is 0 Å². The molecule has 134 valence electrons. The zero-order valence-corrected chi connectivity index (χ0v) is 16.7. The van der Waals surface area contributed by atoms with Gasteiger partial charge in [0.2, 0.25) is 5.91 Å². The predicted octanol–water partition coefficient (Wildman–Crippen LogP) is 3.42. The first-order valence-electron chi connectivity index (χ1n) is 7.68. The van der Waals surface area contributed by atoms with Gasteiger partial charge in [-0.05, 0) is 40.2 Å². The number of carbonyl (C=O) groups excluding carboxylic acids is 3. The molecule has 1 fully saturated rings. The normalized spacial score (nSPS) is 14.0. The van der Waals surface area contributed by atoms with Crippen LogP contribution in [0.15, 0.2) is 57.0 Å². The summed E-state index contributed by atoms with van der Waals surface area (Å²) in [6.45, 7) is 0.395. The number of hydrogen-bond donors (Lipinski definition) is 1. The third kappa shape index (κ3) is 4.66. The minimum absolute atomic E-state index is 0.173. The van der Waals surface area contributed by atoms with Crippen LogP contribution < -0.4 is 5.32 Å². The number of amides is 3. The number of hydrogen-bond acceptors (Lipinski definition) is 6. The average molecular weight is 452 g/mol. The molecule has 0 radical (unpaired) electrons. The average Bonchev–Trinajstić information content (AvgIpc) is 2.96. The molecule has 2 aromatic rings. The Balaban J connectivity index is 1.63. The van der Waals surface area contributed by atoms with E-state index < -0.39 is 0 Å². The molecule has 1 aromatic carbocycles. The van der Waals surface area contributed by atoms with Gasteiger partial charge in [0.25, 0.3) is 11.1 Å². The molecule has 9 heteroatoms. The summed E-state index contributed by atoms with van der Waals surface area (Å²) in [6.07, 6.45) is 1.70. The second-order valence-corrected chi connectivity index (χ2v) is 8.17. The fourth-order valence-electron chi connectivity index (χ4n) is 2.25. The number of benzene rings is 1. The maximum absolute atomic E-state index is 12.5. The molecule has 6 nitrogen and oxygen atoms in total. The van der Waals surface area contributed by atoms with E-state index in [1.54, 1.807) is 18.3 Å². The molecule has 1 aliphatic heterocycles. The van der Waals surface area contributed by atoms with Crippen molar-refractivity contribution in [1.29, 1.82) is 0 Å². The molecule has 1 saturated heterocycles. The highest BCUT2D eigenvalue weighted by Gasteiger charge is 2.29. The first kappa shape index (κ1) is 18.9. The van der Waals surface area contributed by atoms with Crippen LogP contribution in [0, 0.1) is 0 Å². The van der Waals surface area contributed by atoms with E-state index in [0.717, 1.165) is 31.1 Å². The molecule has 0 saturated carbocycles. The number of nitrogens with zero attached hydrogens (tertiary/aromatic N) is 2. The number of halogens is 1. The number of aromatic nitrogens is 1. The van der Waals surface area contributed by atoms with E-state index in [1.807, 2.05) is 24.3 Å². The molecule has 0 unspecified atom stereocenters. The van der Waals surface area contributed by atoms with Crippen LogP contribution in [0.2, 0.25) is 0 Å². The van der Waals surface area contributed by atoms with Crippen molar-refractivity contribution in [3.8, 4) is 0 Å². The van der Waals surface area contributed by atoms with Gasteiger partial charge in [-0.25, -0.2) is 4.98 Å². The predicted molar refractivity (Wildman–Crippen MR) is 104 cm³/mol. The van der Waals surface area contributed by atoms with E-state index >= 15 is 0 Å². The molecular formula is C17H14BrN3O3S2. The molecule has 3 rings (SSSR count). The Morgan fingerprint density at radius 1 is 1.27 bits per heavy atom. The number of pyridine rings is 1. The molecule has 1 aliphatic rings. The molecule has 3 amide bonds. The van der Waals surface area contributed by atoms with Crippen LogP contribution in [-0.2, 0) is 4.79 Å². The molecule has 0 aliphatic carbocycles. The van der Waals surface area contributed by atoms with Crippen molar-refractivity contribution in [2.45, 2.75) is 9.92 Å². The van der Waals surface area contributed by atoms with Gasteiger partial charge in [0.05, 0.1) is 11.3 Å². The lowest BCUT2D eigenvalue weighted by Crippen LogP contribution is -2.37. The van der Waals surface area contributed by atoms with Crippen molar-refractivity contribution in [2.75, 3.05) is 18.8 Å². The van der Waals surface area contributed by atoms with Crippen LogP contribution in [0.25, 0.3) is 0 Å². The maximum Gasteiger partial charge on any atom is 0.288 e. The van der Waals surface area contributed by atoms with E-state index in [9.17, 15) is 14.4 Å². The summed E-state index contributed by atoms with van der Waals surface area (Å²) in [5, 5.41) is 3.28. The van der Waals surface area contributed by atoms with Gasteiger partial charge in [-0.15, -0.1) is 0 Å². The van der Waals surface area contributed by atoms with Gasteiger partial charge < -0.3 is 5.32 Å². The van der Waals surface area contributed by atoms with Gasteiger partial charge in [0.1, 0.15) is 5.03 Å². The second kappa shape index (κ2) is 8.70. The summed E-state index contributed by atoms with van der Waals surface area (Å²) in [7, 11) is 0. The largest absolute Gasteiger partial charge is 0.350 e. The van der Waals surface area contributed by atoms with E-state index in [2.05, 4.69) is 26.2 Å². The van der Waals surface area contributed by atoms with Gasteiger partial charge in [0, 0.05) is 28.7 Å². The number of thioether (sulfide) groups is 1. The first-order valence-corrected chi connectivity index (χ1v) is 10.3. The summed E-state index contributed by atoms with van der Waals surface area (Å²) in [6, 6.07) is 11.0. The number of imide groups is 1. The van der Waals surface area contributed by atoms with Crippen LogP contribution >= 0.6 is 39.5 Å². The van der Waals surface area contributed by atoms with Crippen LogP contribution in [0.3, 0.4) is 0 Å². The zero-order chi connectivity index (χ0) is 18.5. The summed E-state index contributed by atoms with van der Waals surface area (Å²) in [4.78, 5) is 41.9. The van der Waals surface area contributed by atoms with Crippen molar-refractivity contribution in [3.05, 3.63) is 52.6 Å².